The molecule has 1 aliphatic rings. The van der Waals surface area contributed by atoms with Crippen LogP contribution in [0, 0.1) is 0 Å². The van der Waals surface area contributed by atoms with E-state index >= 15 is 0 Å². The van der Waals surface area contributed by atoms with Crippen molar-refractivity contribution in [2.45, 2.75) is 19.3 Å². The van der Waals surface area contributed by atoms with Crippen LogP contribution in [-0.2, 0) is 0 Å². The molecule has 0 saturated heterocycles. The van der Waals surface area contributed by atoms with Gasteiger partial charge in [0.15, 0.2) is 0 Å². The second kappa shape index (κ2) is 5.03. The molecule has 0 radical (unpaired) electrons. The van der Waals surface area contributed by atoms with E-state index in [4.69, 9.17) is 0 Å². The maximum atomic E-state index is 11.5. The third-order valence-corrected chi connectivity index (χ3v) is 3.32. The van der Waals surface area contributed by atoms with Crippen molar-refractivity contribution in [1.29, 1.82) is 0 Å². The molecule has 2 rings (SSSR count). The summed E-state index contributed by atoms with van der Waals surface area (Å²) < 4.78 is 0. The first-order chi connectivity index (χ1) is 7.81. The third-order valence-electron chi connectivity index (χ3n) is 2.27. The summed E-state index contributed by atoms with van der Waals surface area (Å²) in [6, 6.07) is 0. The lowest BCUT2D eigenvalue weighted by atomic mass is 10.0. The molecule has 5 heteroatoms. The van der Waals surface area contributed by atoms with Gasteiger partial charge in [0.05, 0.1) is 0 Å². The molecule has 16 heavy (non-hydrogen) atoms. The number of nitrogens with zero attached hydrogens (tertiary/aromatic N) is 2. The molecule has 84 valence electrons. The molecule has 1 N–H and O–H groups in total. The highest BCUT2D eigenvalue weighted by Crippen LogP contribution is 2.26. The molecule has 1 amide bonds. The fourth-order valence-corrected chi connectivity index (χ4v) is 2.33. The van der Waals surface area contributed by atoms with Crippen molar-refractivity contribution in [3.05, 3.63) is 34.3 Å². The van der Waals surface area contributed by atoms with Crippen molar-refractivity contribution in [3.8, 4) is 0 Å². The Morgan fingerprint density at radius 2 is 2.44 bits per heavy atom. The quantitative estimate of drug-likeness (QED) is 0.870. The molecule has 0 fully saturated rings. The highest BCUT2D eigenvalue weighted by molar-refractivity contribution is 7.13. The lowest BCUT2D eigenvalue weighted by Crippen LogP contribution is -2.22. The van der Waals surface area contributed by atoms with E-state index in [0.717, 1.165) is 11.4 Å². The summed E-state index contributed by atoms with van der Waals surface area (Å²) in [6.07, 6.45) is 9.13. The van der Waals surface area contributed by atoms with Crippen molar-refractivity contribution < 1.29 is 4.79 Å². The first-order valence-electron chi connectivity index (χ1n) is 5.26. The van der Waals surface area contributed by atoms with Gasteiger partial charge in [-0.3, -0.25) is 4.79 Å². The Balaban J connectivity index is 2.10. The number of amides is 1. The van der Waals surface area contributed by atoms with Gasteiger partial charge >= 0.3 is 0 Å². The summed E-state index contributed by atoms with van der Waals surface area (Å²) >= 11 is 1.37. The van der Waals surface area contributed by atoms with Crippen molar-refractivity contribution in [1.82, 2.24) is 15.5 Å². The average molecular weight is 235 g/mol. The van der Waals surface area contributed by atoms with Crippen LogP contribution in [0.5, 0.6) is 0 Å². The van der Waals surface area contributed by atoms with Crippen LogP contribution < -0.4 is 5.32 Å². The van der Waals surface area contributed by atoms with Gasteiger partial charge in [-0.1, -0.05) is 35.6 Å². The Morgan fingerprint density at radius 1 is 1.56 bits per heavy atom. The van der Waals surface area contributed by atoms with Crippen molar-refractivity contribution in [3.63, 3.8) is 0 Å². The van der Waals surface area contributed by atoms with Crippen LogP contribution in [0.15, 0.2) is 24.3 Å². The Kier molecular flexibility index (Phi) is 3.46. The zero-order valence-corrected chi connectivity index (χ0v) is 9.83. The van der Waals surface area contributed by atoms with Crippen LogP contribution in [0.1, 0.15) is 34.1 Å². The minimum atomic E-state index is -0.137. The Morgan fingerprint density at radius 3 is 3.12 bits per heavy atom. The van der Waals surface area contributed by atoms with Gasteiger partial charge in [-0.15, -0.1) is 10.2 Å². The minimum Gasteiger partial charge on any atom is -0.350 e. The standard InChI is InChI=1S/C11H13N3OS/c1-2-12-9(15)11-14-13-10(16-11)8-6-4-3-5-7-8/h3-6,8H,2,7H2,1H3,(H,12,15). The molecule has 0 aliphatic heterocycles. The molecule has 0 aromatic carbocycles. The summed E-state index contributed by atoms with van der Waals surface area (Å²) in [6.45, 7) is 2.49. The molecule has 0 saturated carbocycles. The molecule has 0 bridgehead atoms. The fraction of sp³-hybridized carbons (Fsp3) is 0.364. The lowest BCUT2D eigenvalue weighted by molar-refractivity contribution is 0.0954. The number of aromatic nitrogens is 2. The minimum absolute atomic E-state index is 0.137. The summed E-state index contributed by atoms with van der Waals surface area (Å²) in [5.74, 6) is 0.132. The zero-order valence-electron chi connectivity index (χ0n) is 9.01. The van der Waals surface area contributed by atoms with Crippen LogP contribution in [0.25, 0.3) is 0 Å². The third kappa shape index (κ3) is 2.36. The number of hydrogen-bond acceptors (Lipinski definition) is 4. The predicted octanol–water partition coefficient (Wildman–Crippen LogP) is 1.89. The molecule has 4 nitrogen and oxygen atoms in total. The van der Waals surface area contributed by atoms with E-state index in [0.29, 0.717) is 11.6 Å². The van der Waals surface area contributed by atoms with E-state index in [2.05, 4.69) is 27.7 Å². The monoisotopic (exact) mass is 235 g/mol. The number of allylic oxidation sites excluding steroid dienone is 4. The highest BCUT2D eigenvalue weighted by atomic mass is 32.1. The Hall–Kier alpha value is -1.49. The largest absolute Gasteiger partial charge is 0.350 e. The van der Waals surface area contributed by atoms with Crippen LogP contribution in [0.3, 0.4) is 0 Å². The Bertz CT molecular complexity index is 436. The van der Waals surface area contributed by atoms with Crippen LogP contribution in [0.4, 0.5) is 0 Å². The number of hydrogen-bond donors (Lipinski definition) is 1. The number of nitrogens with one attached hydrogen (secondary N) is 1. The first kappa shape index (κ1) is 11.0. The molecule has 0 spiro atoms. The van der Waals surface area contributed by atoms with Crippen LogP contribution in [-0.4, -0.2) is 22.6 Å². The van der Waals surface area contributed by atoms with Crippen molar-refractivity contribution >= 4 is 17.2 Å². The molecule has 1 heterocycles. The van der Waals surface area contributed by atoms with Gasteiger partial charge in [-0.2, -0.15) is 0 Å². The van der Waals surface area contributed by atoms with Gasteiger partial charge in [-0.25, -0.2) is 0 Å². The Labute approximate surface area is 98.1 Å². The second-order valence-electron chi connectivity index (χ2n) is 3.46. The van der Waals surface area contributed by atoms with Gasteiger partial charge in [0.1, 0.15) is 5.01 Å². The normalized spacial score (nSPS) is 18.7. The van der Waals surface area contributed by atoms with Crippen LogP contribution >= 0.6 is 11.3 Å². The molecule has 1 unspecified atom stereocenters. The number of carbonyl (C=O) groups is 1. The van der Waals surface area contributed by atoms with Crippen molar-refractivity contribution in [2.24, 2.45) is 0 Å². The van der Waals surface area contributed by atoms with Gasteiger partial charge in [-0.05, 0) is 13.3 Å². The van der Waals surface area contributed by atoms with E-state index in [1.165, 1.54) is 11.3 Å². The molecule has 1 aromatic rings. The SMILES string of the molecule is CCNC(=O)c1nnc(C2C=CC=CC2)s1. The van der Waals surface area contributed by atoms with E-state index in [1.807, 2.05) is 19.1 Å². The fourth-order valence-electron chi connectivity index (χ4n) is 1.48. The van der Waals surface area contributed by atoms with Gasteiger partial charge in [0.25, 0.3) is 5.91 Å². The molecule has 1 aliphatic carbocycles. The maximum absolute atomic E-state index is 11.5. The summed E-state index contributed by atoms with van der Waals surface area (Å²) in [4.78, 5) is 11.5. The summed E-state index contributed by atoms with van der Waals surface area (Å²) in [5.41, 5.74) is 0. The van der Waals surface area contributed by atoms with E-state index < -0.39 is 0 Å². The molecular formula is C11H13N3OS. The van der Waals surface area contributed by atoms with E-state index in [1.54, 1.807) is 0 Å². The zero-order chi connectivity index (χ0) is 11.4. The second-order valence-corrected chi connectivity index (χ2v) is 4.47. The lowest BCUT2D eigenvalue weighted by Gasteiger charge is -2.07. The van der Waals surface area contributed by atoms with Gasteiger partial charge in [0.2, 0.25) is 5.01 Å². The number of rotatable bonds is 3. The molecular weight excluding hydrogens is 222 g/mol. The summed E-state index contributed by atoms with van der Waals surface area (Å²) in [5, 5.41) is 12.0. The topological polar surface area (TPSA) is 54.9 Å². The number of carbonyl (C=O) groups excluding carboxylic acids is 1. The maximum Gasteiger partial charge on any atom is 0.282 e. The average Bonchev–Trinajstić information content (AvgIpc) is 2.80. The van der Waals surface area contributed by atoms with Crippen molar-refractivity contribution in [2.75, 3.05) is 6.54 Å². The first-order valence-corrected chi connectivity index (χ1v) is 6.08. The predicted molar refractivity (Wildman–Crippen MR) is 63.6 cm³/mol. The van der Waals surface area contributed by atoms with Gasteiger partial charge in [0, 0.05) is 12.5 Å². The summed E-state index contributed by atoms with van der Waals surface area (Å²) in [7, 11) is 0. The van der Waals surface area contributed by atoms with E-state index in [-0.39, 0.29) is 11.8 Å². The molecule has 1 atom stereocenters. The molecule has 1 aromatic heterocycles. The van der Waals surface area contributed by atoms with Crippen LogP contribution in [0.2, 0.25) is 0 Å². The van der Waals surface area contributed by atoms with E-state index in [9.17, 15) is 4.79 Å². The van der Waals surface area contributed by atoms with Gasteiger partial charge < -0.3 is 5.32 Å². The smallest absolute Gasteiger partial charge is 0.282 e. The highest BCUT2D eigenvalue weighted by Gasteiger charge is 2.17.